The Morgan fingerprint density at radius 2 is 1.39 bits per heavy atom. The van der Waals surface area contributed by atoms with Crippen LogP contribution in [0.4, 0.5) is 0 Å². The Balaban J connectivity index is 2.11. The summed E-state index contributed by atoms with van der Waals surface area (Å²) in [5.74, 6) is 1.45. The van der Waals surface area contributed by atoms with Gasteiger partial charge < -0.3 is 19.3 Å². The molecule has 2 N–H and O–H groups in total. The zero-order valence-corrected chi connectivity index (χ0v) is 15.9. The molecule has 2 heterocycles. The maximum Gasteiger partial charge on any atom is 0.183 e. The summed E-state index contributed by atoms with van der Waals surface area (Å²) in [4.78, 5) is 0. The van der Waals surface area contributed by atoms with Gasteiger partial charge in [0.15, 0.2) is 12.4 Å². The van der Waals surface area contributed by atoms with Gasteiger partial charge in [0.25, 0.3) is 0 Å². The van der Waals surface area contributed by atoms with Crippen molar-refractivity contribution in [3.8, 4) is 0 Å². The highest BCUT2D eigenvalue weighted by atomic mass is 16.7. The fourth-order valence-corrected chi connectivity index (χ4v) is 4.04. The van der Waals surface area contributed by atoms with Crippen molar-refractivity contribution in [3.05, 3.63) is 0 Å². The molecule has 0 aliphatic carbocycles. The van der Waals surface area contributed by atoms with Gasteiger partial charge >= 0.3 is 0 Å². The van der Waals surface area contributed by atoms with Crippen molar-refractivity contribution >= 4 is 0 Å². The molecule has 0 saturated carbocycles. The highest BCUT2D eigenvalue weighted by molar-refractivity contribution is 4.90. The smallest absolute Gasteiger partial charge is 0.183 e. The number of rotatable bonds is 4. The third kappa shape index (κ3) is 3.76. The van der Waals surface area contributed by atoms with E-state index >= 15 is 0 Å². The van der Waals surface area contributed by atoms with Crippen molar-refractivity contribution in [2.45, 2.75) is 98.1 Å². The lowest BCUT2D eigenvalue weighted by Gasteiger charge is -2.47. The van der Waals surface area contributed by atoms with Crippen LogP contribution in [0.25, 0.3) is 0 Å². The summed E-state index contributed by atoms with van der Waals surface area (Å²) >= 11 is 0. The lowest BCUT2D eigenvalue weighted by molar-refractivity contribution is -0.307. The molecule has 2 fully saturated rings. The highest BCUT2D eigenvalue weighted by Crippen LogP contribution is 2.38. The van der Waals surface area contributed by atoms with Gasteiger partial charge in [-0.1, -0.05) is 41.5 Å². The Labute approximate surface area is 141 Å². The molecular weight excluding hydrogens is 292 g/mol. The molecule has 0 bridgehead atoms. The van der Waals surface area contributed by atoms with E-state index in [0.29, 0.717) is 11.8 Å². The molecule has 2 aliphatic heterocycles. The van der Waals surface area contributed by atoms with Crippen LogP contribution >= 0.6 is 0 Å². The molecular formula is C19H37O4+. The van der Waals surface area contributed by atoms with Crippen LogP contribution in [0.15, 0.2) is 0 Å². The van der Waals surface area contributed by atoms with Crippen molar-refractivity contribution in [1.82, 2.24) is 0 Å². The molecule has 4 nitrogen and oxygen atoms in total. The Hall–Kier alpha value is -0.160. The molecule has 0 amide bonds. The van der Waals surface area contributed by atoms with Crippen LogP contribution < -0.4 is 0 Å². The summed E-state index contributed by atoms with van der Waals surface area (Å²) in [6.07, 6.45) is 1.91. The van der Waals surface area contributed by atoms with Crippen LogP contribution in [0.3, 0.4) is 0 Å². The van der Waals surface area contributed by atoms with Crippen LogP contribution in [0.2, 0.25) is 0 Å². The molecule has 0 spiro atoms. The molecule has 4 unspecified atom stereocenters. The average molecular weight is 330 g/mol. The Morgan fingerprint density at radius 1 is 0.783 bits per heavy atom. The molecule has 0 aromatic heterocycles. The summed E-state index contributed by atoms with van der Waals surface area (Å²) in [5.41, 5.74) is 0. The van der Waals surface area contributed by atoms with Crippen molar-refractivity contribution in [3.63, 3.8) is 0 Å². The van der Waals surface area contributed by atoms with Crippen LogP contribution in [0, 0.1) is 23.7 Å². The maximum absolute atomic E-state index is 8.34. The molecule has 2 saturated heterocycles. The van der Waals surface area contributed by atoms with Gasteiger partial charge in [-0.2, -0.15) is 0 Å². The Kier molecular flexibility index (Phi) is 6.51. The average Bonchev–Trinajstić information content (AvgIpc) is 2.55. The number of hydrogen-bond donors (Lipinski definition) is 0. The second kappa shape index (κ2) is 7.81. The van der Waals surface area contributed by atoms with Crippen LogP contribution in [0.5, 0.6) is 0 Å². The standard InChI is InChI=1S/C19H36O4/c1-8-15-17(20)11(4)13(6)19(22-15)23-18-12(5)10(3)14(7)21-16(18)9-2/h10-20H,8-9H2,1-7H3/p+1/t10-,11+,12?,13?,14+,15?,16?,17+,18-,19-/m0/s1. The van der Waals surface area contributed by atoms with Crippen LogP contribution in [0.1, 0.15) is 61.3 Å². The quantitative estimate of drug-likeness (QED) is 0.743. The zero-order chi connectivity index (χ0) is 17.3. The molecule has 136 valence electrons. The Bertz CT molecular complexity index is 370. The van der Waals surface area contributed by atoms with Crippen molar-refractivity contribution in [1.29, 1.82) is 0 Å². The third-order valence-corrected chi connectivity index (χ3v) is 6.47. The minimum absolute atomic E-state index is 0.0255. The lowest BCUT2D eigenvalue weighted by Crippen LogP contribution is -2.55. The summed E-state index contributed by atoms with van der Waals surface area (Å²) in [5, 5.41) is 8.34. The van der Waals surface area contributed by atoms with E-state index in [1.807, 2.05) is 0 Å². The second-order valence-corrected chi connectivity index (χ2v) is 7.80. The third-order valence-electron chi connectivity index (χ3n) is 6.47. The van der Waals surface area contributed by atoms with Crippen molar-refractivity contribution in [2.24, 2.45) is 23.7 Å². The van der Waals surface area contributed by atoms with Crippen LogP contribution in [-0.4, -0.2) is 41.9 Å². The summed E-state index contributed by atoms with van der Waals surface area (Å²) < 4.78 is 18.9. The van der Waals surface area contributed by atoms with Crippen LogP contribution in [-0.2, 0) is 14.2 Å². The van der Waals surface area contributed by atoms with E-state index in [9.17, 15) is 0 Å². The van der Waals surface area contributed by atoms with Crippen molar-refractivity contribution < 1.29 is 19.3 Å². The first-order chi connectivity index (χ1) is 10.8. The molecule has 2 aliphatic rings. The first kappa shape index (κ1) is 19.2. The lowest BCUT2D eigenvalue weighted by atomic mass is 9.80. The van der Waals surface area contributed by atoms with E-state index in [4.69, 9.17) is 19.3 Å². The SMILES string of the molecule is CCC1O[C@H](C)[C@@H](C)C(C)[C@@H]1O[C@@H]1OC(CC)[C@H]([OH2+])[C@H](C)C1C. The second-order valence-electron chi connectivity index (χ2n) is 7.80. The van der Waals surface area contributed by atoms with Gasteiger partial charge in [0.2, 0.25) is 0 Å². The van der Waals surface area contributed by atoms with E-state index in [1.165, 1.54) is 0 Å². The van der Waals surface area contributed by atoms with E-state index in [2.05, 4.69) is 48.5 Å². The van der Waals surface area contributed by atoms with E-state index in [1.54, 1.807) is 0 Å². The maximum atomic E-state index is 8.34. The van der Waals surface area contributed by atoms with Crippen molar-refractivity contribution in [2.75, 3.05) is 0 Å². The van der Waals surface area contributed by atoms with Gasteiger partial charge in [-0.3, -0.25) is 0 Å². The first-order valence-corrected chi connectivity index (χ1v) is 9.49. The van der Waals surface area contributed by atoms with Gasteiger partial charge in [0, 0.05) is 11.8 Å². The van der Waals surface area contributed by atoms with Gasteiger partial charge in [0.05, 0.1) is 18.3 Å². The van der Waals surface area contributed by atoms with E-state index < -0.39 is 0 Å². The first-order valence-electron chi connectivity index (χ1n) is 9.49. The van der Waals surface area contributed by atoms with Gasteiger partial charge in [0.1, 0.15) is 6.10 Å². The zero-order valence-electron chi connectivity index (χ0n) is 15.9. The molecule has 0 aromatic carbocycles. The topological polar surface area (TPSA) is 50.6 Å². The predicted octanol–water partition coefficient (Wildman–Crippen LogP) is 3.34. The summed E-state index contributed by atoms with van der Waals surface area (Å²) in [7, 11) is 0. The molecule has 0 radical (unpaired) electrons. The van der Waals surface area contributed by atoms with Gasteiger partial charge in [-0.25, -0.2) is 0 Å². The molecule has 2 rings (SSSR count). The van der Waals surface area contributed by atoms with E-state index in [0.717, 1.165) is 12.8 Å². The predicted molar refractivity (Wildman–Crippen MR) is 92.5 cm³/mol. The monoisotopic (exact) mass is 329 g/mol. The normalized spacial score (nSPS) is 51.7. The van der Waals surface area contributed by atoms with Gasteiger partial charge in [-0.15, -0.1) is 0 Å². The van der Waals surface area contributed by atoms with E-state index in [-0.39, 0.29) is 48.6 Å². The molecule has 10 atom stereocenters. The van der Waals surface area contributed by atoms with Gasteiger partial charge in [-0.05, 0) is 31.6 Å². The minimum Gasteiger partial charge on any atom is -0.441 e. The molecule has 23 heavy (non-hydrogen) atoms. The number of hydrogen-bond acceptors (Lipinski definition) is 3. The number of ether oxygens (including phenoxy) is 3. The molecule has 0 aromatic rings. The fourth-order valence-electron chi connectivity index (χ4n) is 4.04. The minimum atomic E-state index is -0.220. The summed E-state index contributed by atoms with van der Waals surface area (Å²) in [6.45, 7) is 15.3. The summed E-state index contributed by atoms with van der Waals surface area (Å²) in [6, 6.07) is 0. The highest BCUT2D eigenvalue weighted by Gasteiger charge is 2.47. The molecule has 4 heteroatoms. The Morgan fingerprint density at radius 3 is 1.96 bits per heavy atom. The largest absolute Gasteiger partial charge is 0.441 e. The fraction of sp³-hybridized carbons (Fsp3) is 1.00.